The quantitative estimate of drug-likeness (QED) is 0.784. The molecule has 1 fully saturated rings. The van der Waals surface area contributed by atoms with Crippen LogP contribution in [-0.2, 0) is 0 Å². The van der Waals surface area contributed by atoms with Crippen molar-refractivity contribution in [2.75, 3.05) is 38.1 Å². The molecule has 3 rings (SSSR count). The van der Waals surface area contributed by atoms with E-state index >= 15 is 0 Å². The normalized spacial score (nSPS) is 16.0. The van der Waals surface area contributed by atoms with Crippen molar-refractivity contribution in [2.24, 2.45) is 0 Å². The average molecular weight is 355 g/mol. The number of likely N-dealkylation sites (N-methyl/N-ethyl adjacent to an activating group) is 1. The van der Waals surface area contributed by atoms with E-state index < -0.39 is 0 Å². The second kappa shape index (κ2) is 7.04. The molecule has 0 unspecified atom stereocenters. The van der Waals surface area contributed by atoms with E-state index in [1.54, 1.807) is 0 Å². The second-order valence-electron chi connectivity index (χ2n) is 5.14. The maximum atomic E-state index is 6.33. The van der Waals surface area contributed by atoms with Gasteiger partial charge >= 0.3 is 0 Å². The Morgan fingerprint density at radius 2 is 1.77 bits per heavy atom. The van der Waals surface area contributed by atoms with Gasteiger partial charge in [0.2, 0.25) is 0 Å². The molecule has 0 aliphatic carbocycles. The van der Waals surface area contributed by atoms with Crippen molar-refractivity contribution in [3.8, 4) is 0 Å². The van der Waals surface area contributed by atoms with E-state index in [0.717, 1.165) is 41.8 Å². The number of halogens is 2. The van der Waals surface area contributed by atoms with Gasteiger partial charge in [-0.05, 0) is 19.2 Å². The number of benzene rings is 1. The molecule has 0 amide bonds. The van der Waals surface area contributed by atoms with Gasteiger partial charge in [-0.1, -0.05) is 47.1 Å². The average Bonchev–Trinajstić information content (AvgIpc) is 2.52. The van der Waals surface area contributed by atoms with E-state index in [2.05, 4.69) is 26.8 Å². The van der Waals surface area contributed by atoms with Crippen molar-refractivity contribution in [3.05, 3.63) is 40.8 Å². The molecule has 7 heteroatoms. The van der Waals surface area contributed by atoms with E-state index in [1.807, 2.05) is 24.3 Å². The summed E-state index contributed by atoms with van der Waals surface area (Å²) in [6, 6.07) is 7.72. The zero-order valence-corrected chi connectivity index (χ0v) is 14.5. The first-order valence-corrected chi connectivity index (χ1v) is 8.59. The van der Waals surface area contributed by atoms with E-state index in [4.69, 9.17) is 23.2 Å². The lowest BCUT2D eigenvalue weighted by Crippen LogP contribution is -2.45. The highest BCUT2D eigenvalue weighted by Gasteiger charge is 2.21. The summed E-state index contributed by atoms with van der Waals surface area (Å²) in [6.07, 6.45) is 1.52. The number of aromatic nitrogens is 2. The highest BCUT2D eigenvalue weighted by molar-refractivity contribution is 7.99. The highest BCUT2D eigenvalue weighted by Crippen LogP contribution is 2.40. The van der Waals surface area contributed by atoms with E-state index in [1.165, 1.54) is 18.1 Å². The molecule has 1 aliphatic rings. The molecule has 1 aliphatic heterocycles. The lowest BCUT2D eigenvalue weighted by atomic mass is 10.3. The summed E-state index contributed by atoms with van der Waals surface area (Å²) in [5.74, 6) is 0.887. The summed E-state index contributed by atoms with van der Waals surface area (Å²) in [7, 11) is 2.13. The molecular formula is C15H16Cl2N4S. The van der Waals surface area contributed by atoms with Gasteiger partial charge in [0.25, 0.3) is 0 Å². The van der Waals surface area contributed by atoms with Gasteiger partial charge in [0.1, 0.15) is 17.3 Å². The number of nitrogens with zero attached hydrogens (tertiary/aromatic N) is 4. The van der Waals surface area contributed by atoms with Crippen LogP contribution in [0.4, 0.5) is 5.82 Å². The third-order valence-corrected chi connectivity index (χ3v) is 5.59. The van der Waals surface area contributed by atoms with Crippen LogP contribution in [0.1, 0.15) is 0 Å². The highest BCUT2D eigenvalue weighted by atomic mass is 35.5. The summed E-state index contributed by atoms with van der Waals surface area (Å²) >= 11 is 14.1. The first-order valence-electron chi connectivity index (χ1n) is 7.01. The molecule has 1 aromatic heterocycles. The van der Waals surface area contributed by atoms with Crippen molar-refractivity contribution >= 4 is 40.8 Å². The van der Waals surface area contributed by atoms with Crippen LogP contribution in [0.5, 0.6) is 0 Å². The first kappa shape index (κ1) is 15.9. The molecule has 0 radical (unpaired) electrons. The van der Waals surface area contributed by atoms with Gasteiger partial charge in [-0.15, -0.1) is 0 Å². The fourth-order valence-electron chi connectivity index (χ4n) is 2.31. The van der Waals surface area contributed by atoms with Crippen molar-refractivity contribution in [1.29, 1.82) is 0 Å². The second-order valence-corrected chi connectivity index (χ2v) is 6.96. The zero-order valence-electron chi connectivity index (χ0n) is 12.2. The summed E-state index contributed by atoms with van der Waals surface area (Å²) in [4.78, 5) is 15.0. The minimum atomic E-state index is 0.467. The molecule has 1 aromatic carbocycles. The Balaban J connectivity index is 1.92. The first-order chi connectivity index (χ1) is 10.6. The number of rotatable bonds is 3. The van der Waals surface area contributed by atoms with Crippen LogP contribution < -0.4 is 4.90 Å². The number of piperazine rings is 1. The monoisotopic (exact) mass is 354 g/mol. The fraction of sp³-hybridized carbons (Fsp3) is 0.333. The van der Waals surface area contributed by atoms with Crippen LogP contribution in [0.25, 0.3) is 0 Å². The Hall–Kier alpha value is -1.01. The Labute approximate surface area is 144 Å². The predicted molar refractivity (Wildman–Crippen MR) is 92.3 cm³/mol. The van der Waals surface area contributed by atoms with Gasteiger partial charge in [-0.3, -0.25) is 0 Å². The van der Waals surface area contributed by atoms with Gasteiger partial charge in [0, 0.05) is 31.1 Å². The van der Waals surface area contributed by atoms with Crippen molar-refractivity contribution < 1.29 is 0 Å². The van der Waals surface area contributed by atoms with Gasteiger partial charge in [0.15, 0.2) is 0 Å². The maximum absolute atomic E-state index is 6.33. The molecule has 2 aromatic rings. The fourth-order valence-corrected chi connectivity index (χ4v) is 3.75. The number of anilines is 1. The summed E-state index contributed by atoms with van der Waals surface area (Å²) < 4.78 is 0. The van der Waals surface area contributed by atoms with Gasteiger partial charge < -0.3 is 9.80 Å². The van der Waals surface area contributed by atoms with Crippen molar-refractivity contribution in [1.82, 2.24) is 14.9 Å². The smallest absolute Gasteiger partial charge is 0.148 e. The van der Waals surface area contributed by atoms with Crippen LogP contribution in [0, 0.1) is 0 Å². The molecule has 0 atom stereocenters. The molecule has 0 spiro atoms. The maximum Gasteiger partial charge on any atom is 0.148 e. The molecule has 4 nitrogen and oxygen atoms in total. The summed E-state index contributed by atoms with van der Waals surface area (Å²) in [5, 5.41) is 1.17. The van der Waals surface area contributed by atoms with E-state index in [9.17, 15) is 0 Å². The van der Waals surface area contributed by atoms with Crippen LogP contribution in [0.3, 0.4) is 0 Å². The molecule has 0 N–H and O–H groups in total. The summed E-state index contributed by atoms with van der Waals surface area (Å²) in [5.41, 5.74) is 0. The topological polar surface area (TPSA) is 32.3 Å². The van der Waals surface area contributed by atoms with E-state index in [-0.39, 0.29) is 0 Å². The Morgan fingerprint density at radius 3 is 2.50 bits per heavy atom. The standard InChI is InChI=1S/C15H16Cl2N4S/c1-20-6-8-21(9-7-20)15-13(14(17)18-10-19-15)22-12-5-3-2-4-11(12)16/h2-5,10H,6-9H2,1H3. The summed E-state index contributed by atoms with van der Waals surface area (Å²) in [6.45, 7) is 3.88. The van der Waals surface area contributed by atoms with Crippen LogP contribution in [-0.4, -0.2) is 48.1 Å². The van der Waals surface area contributed by atoms with Gasteiger partial charge in [0.05, 0.1) is 9.92 Å². The lowest BCUT2D eigenvalue weighted by Gasteiger charge is -2.34. The molecule has 1 saturated heterocycles. The number of hydrogen-bond acceptors (Lipinski definition) is 5. The minimum Gasteiger partial charge on any atom is -0.353 e. The van der Waals surface area contributed by atoms with Crippen LogP contribution in [0.2, 0.25) is 10.2 Å². The molecular weight excluding hydrogens is 339 g/mol. The SMILES string of the molecule is CN1CCN(c2ncnc(Cl)c2Sc2ccccc2Cl)CC1. The van der Waals surface area contributed by atoms with Crippen LogP contribution in [0.15, 0.2) is 40.4 Å². The molecule has 0 saturated carbocycles. The predicted octanol–water partition coefficient (Wildman–Crippen LogP) is 3.69. The van der Waals surface area contributed by atoms with Crippen molar-refractivity contribution in [2.45, 2.75) is 9.79 Å². The largest absolute Gasteiger partial charge is 0.353 e. The van der Waals surface area contributed by atoms with Crippen LogP contribution >= 0.6 is 35.0 Å². The number of hydrogen-bond donors (Lipinski definition) is 0. The third-order valence-electron chi connectivity index (χ3n) is 3.59. The molecule has 22 heavy (non-hydrogen) atoms. The molecule has 116 valence electrons. The molecule has 2 heterocycles. The Morgan fingerprint density at radius 1 is 1.05 bits per heavy atom. The lowest BCUT2D eigenvalue weighted by molar-refractivity contribution is 0.311. The zero-order chi connectivity index (χ0) is 15.5. The van der Waals surface area contributed by atoms with Gasteiger partial charge in [-0.25, -0.2) is 9.97 Å². The Kier molecular flexibility index (Phi) is 5.08. The Bertz CT molecular complexity index is 660. The third kappa shape index (κ3) is 3.49. The molecule has 0 bridgehead atoms. The van der Waals surface area contributed by atoms with Crippen molar-refractivity contribution in [3.63, 3.8) is 0 Å². The minimum absolute atomic E-state index is 0.467. The van der Waals surface area contributed by atoms with E-state index in [0.29, 0.717) is 10.2 Å². The van der Waals surface area contributed by atoms with Gasteiger partial charge in [-0.2, -0.15) is 0 Å².